The second-order valence-corrected chi connectivity index (χ2v) is 9.94. The Balaban J connectivity index is 0.000000291. The van der Waals surface area contributed by atoms with Crippen molar-refractivity contribution in [3.8, 4) is 17.2 Å². The van der Waals surface area contributed by atoms with Crippen molar-refractivity contribution >= 4 is 5.78 Å². The fourth-order valence-electron chi connectivity index (χ4n) is 5.34. The van der Waals surface area contributed by atoms with Crippen LogP contribution in [-0.2, 0) is 17.6 Å². The van der Waals surface area contributed by atoms with E-state index < -0.39 is 5.92 Å². The first-order chi connectivity index (χ1) is 16.4. The third-order valence-electron chi connectivity index (χ3n) is 7.19. The van der Waals surface area contributed by atoms with Crippen LogP contribution in [0.2, 0.25) is 0 Å². The van der Waals surface area contributed by atoms with Crippen LogP contribution >= 0.6 is 0 Å². The van der Waals surface area contributed by atoms with E-state index in [1.807, 2.05) is 19.1 Å². The van der Waals surface area contributed by atoms with E-state index in [1.165, 1.54) is 12.8 Å². The molecule has 2 heterocycles. The number of nitrogens with zero attached hydrogens (tertiary/aromatic N) is 3. The molecule has 2 saturated carbocycles. The number of fused-ring (bicyclic) bond motifs is 1. The lowest BCUT2D eigenvalue weighted by Gasteiger charge is -2.35. The molecule has 3 aliphatic rings. The second kappa shape index (κ2) is 10.7. The van der Waals surface area contributed by atoms with E-state index in [9.17, 15) is 18.8 Å². The highest BCUT2D eigenvalue weighted by Gasteiger charge is 2.48. The van der Waals surface area contributed by atoms with Crippen LogP contribution in [-0.4, -0.2) is 21.7 Å². The predicted molar refractivity (Wildman–Crippen MR) is 128 cm³/mol. The van der Waals surface area contributed by atoms with Crippen LogP contribution in [0.5, 0.6) is 0 Å². The molecule has 0 N–H and O–H groups in total. The van der Waals surface area contributed by atoms with E-state index in [0.29, 0.717) is 17.0 Å². The van der Waals surface area contributed by atoms with Crippen LogP contribution in [0.25, 0.3) is 11.1 Å². The molecule has 3 aliphatic carbocycles. The topological polar surface area (TPSA) is 66.6 Å². The average molecular weight is 466 g/mol. The summed E-state index contributed by atoms with van der Waals surface area (Å²) >= 11 is 0. The normalized spacial score (nSPS) is 20.0. The van der Waals surface area contributed by atoms with Gasteiger partial charge in [0, 0.05) is 54.7 Å². The molecule has 0 unspecified atom stereocenters. The Labute approximate surface area is 200 Å². The molecule has 0 aliphatic heterocycles. The summed E-state index contributed by atoms with van der Waals surface area (Å²) in [6.45, 7) is 1.92. The van der Waals surface area contributed by atoms with Crippen molar-refractivity contribution in [3.05, 3.63) is 46.5 Å². The maximum Gasteiger partial charge on any atom is 0.249 e. The van der Waals surface area contributed by atoms with Crippen molar-refractivity contribution in [2.45, 2.75) is 102 Å². The summed E-state index contributed by atoms with van der Waals surface area (Å²) < 4.78 is 26.9. The lowest BCUT2D eigenvalue weighted by molar-refractivity contribution is -0.118. The number of aromatic nitrogens is 2. The number of Topliss-reactive ketones (excluding diaryl/α,β-unsaturated/α-hetero) is 1. The monoisotopic (exact) mass is 465 g/mol. The molecular formula is C28H33F2N3O. The first-order valence-corrected chi connectivity index (χ1v) is 12.7. The van der Waals surface area contributed by atoms with Gasteiger partial charge in [-0.1, -0.05) is 19.3 Å². The summed E-state index contributed by atoms with van der Waals surface area (Å²) in [5.74, 6) is -2.48. The van der Waals surface area contributed by atoms with Crippen LogP contribution in [0.1, 0.15) is 105 Å². The van der Waals surface area contributed by atoms with Gasteiger partial charge in [-0.3, -0.25) is 14.8 Å². The summed E-state index contributed by atoms with van der Waals surface area (Å²) in [6, 6.07) is 6.18. The number of carbonyl (C=O) groups is 1. The summed E-state index contributed by atoms with van der Waals surface area (Å²) in [4.78, 5) is 19.7. The number of hydrogen-bond acceptors (Lipinski definition) is 4. The Morgan fingerprint density at radius 2 is 1.65 bits per heavy atom. The molecular weight excluding hydrogens is 432 g/mol. The summed E-state index contributed by atoms with van der Waals surface area (Å²) in [6.07, 6.45) is 12.8. The van der Waals surface area contributed by atoms with E-state index in [2.05, 4.69) is 11.1 Å². The minimum absolute atomic E-state index is 0.206. The number of ketones is 1. The first kappa shape index (κ1) is 24.4. The van der Waals surface area contributed by atoms with E-state index in [0.717, 1.165) is 85.9 Å². The smallest absolute Gasteiger partial charge is 0.249 e. The van der Waals surface area contributed by atoms with Gasteiger partial charge >= 0.3 is 0 Å². The summed E-state index contributed by atoms with van der Waals surface area (Å²) in [5, 5.41) is 9.91. The lowest BCUT2D eigenvalue weighted by Crippen LogP contribution is -2.35. The van der Waals surface area contributed by atoms with Gasteiger partial charge in [0.2, 0.25) is 5.92 Å². The number of halogens is 2. The van der Waals surface area contributed by atoms with Gasteiger partial charge in [0.1, 0.15) is 11.9 Å². The van der Waals surface area contributed by atoms with Crippen molar-refractivity contribution < 1.29 is 13.6 Å². The van der Waals surface area contributed by atoms with E-state index in [4.69, 9.17) is 4.98 Å². The van der Waals surface area contributed by atoms with Gasteiger partial charge in [0.05, 0.1) is 11.3 Å². The third-order valence-corrected chi connectivity index (χ3v) is 7.19. The highest BCUT2D eigenvalue weighted by Crippen LogP contribution is 2.50. The van der Waals surface area contributed by atoms with Gasteiger partial charge in [-0.15, -0.1) is 0 Å². The van der Waals surface area contributed by atoms with Crippen molar-refractivity contribution in [2.75, 3.05) is 0 Å². The minimum atomic E-state index is -2.63. The predicted octanol–water partition coefficient (Wildman–Crippen LogP) is 7.02. The lowest BCUT2D eigenvalue weighted by atomic mass is 9.76. The zero-order valence-corrected chi connectivity index (χ0v) is 20.0. The van der Waals surface area contributed by atoms with Crippen LogP contribution in [0.3, 0.4) is 0 Å². The maximum absolute atomic E-state index is 13.5. The number of nitriles is 1. The van der Waals surface area contributed by atoms with Crippen LogP contribution < -0.4 is 0 Å². The van der Waals surface area contributed by atoms with Crippen molar-refractivity contribution in [1.29, 1.82) is 5.26 Å². The zero-order chi connectivity index (χ0) is 24.1. The number of hydrogen-bond donors (Lipinski definition) is 0. The number of alkyl halides is 2. The highest BCUT2D eigenvalue weighted by atomic mass is 19.3. The Bertz CT molecular complexity index is 1070. The Hall–Kier alpha value is -2.68. The molecule has 0 radical (unpaired) electrons. The first-order valence-electron chi connectivity index (χ1n) is 12.7. The molecule has 180 valence electrons. The fraction of sp³-hybridized carbons (Fsp3) is 0.571. The number of carbonyl (C=O) groups excluding carboxylic acids is 1. The van der Waals surface area contributed by atoms with E-state index >= 15 is 0 Å². The van der Waals surface area contributed by atoms with Crippen molar-refractivity contribution in [3.63, 3.8) is 0 Å². The van der Waals surface area contributed by atoms with Gasteiger partial charge in [0.15, 0.2) is 0 Å². The zero-order valence-electron chi connectivity index (χ0n) is 20.0. The largest absolute Gasteiger partial charge is 0.300 e. The minimum Gasteiger partial charge on any atom is -0.300 e. The Kier molecular flexibility index (Phi) is 7.70. The molecule has 34 heavy (non-hydrogen) atoms. The molecule has 4 nitrogen and oxygen atoms in total. The molecule has 0 atom stereocenters. The quantitative estimate of drug-likeness (QED) is 0.353. The average Bonchev–Trinajstić information content (AvgIpc) is 3.18. The fourth-order valence-corrected chi connectivity index (χ4v) is 5.34. The van der Waals surface area contributed by atoms with Crippen LogP contribution in [0.4, 0.5) is 8.78 Å². The standard InChI is InChI=1S/C21H21F2N3.C7H12O/c1-13-9-14(7-8-25-13)19-16-5-3-2-4-6-18(16)26-20(17(19)12-24)15-10-21(22,23)11-15;8-7-5-3-1-2-4-6-7/h7-9,15H,2-6,10-11H2,1H3;1-6H2. The highest BCUT2D eigenvalue weighted by molar-refractivity contribution is 5.78. The van der Waals surface area contributed by atoms with Crippen molar-refractivity contribution in [2.24, 2.45) is 0 Å². The Morgan fingerprint density at radius 1 is 1.00 bits per heavy atom. The molecule has 0 aromatic carbocycles. The number of aryl methyl sites for hydroxylation is 2. The second-order valence-electron chi connectivity index (χ2n) is 9.94. The Morgan fingerprint density at radius 3 is 2.29 bits per heavy atom. The van der Waals surface area contributed by atoms with Gasteiger partial charge in [0.25, 0.3) is 0 Å². The molecule has 2 aromatic rings. The molecule has 6 heteroatoms. The molecule has 2 fully saturated rings. The van der Waals surface area contributed by atoms with Gasteiger partial charge in [-0.25, -0.2) is 8.78 Å². The van der Waals surface area contributed by atoms with Gasteiger partial charge in [-0.2, -0.15) is 5.26 Å². The SMILES string of the molecule is Cc1cc(-c2c(C#N)c(C3CC(F)(F)C3)nc3c2CCCCC3)ccn1.O=C1CCCCCC1. The molecule has 0 bridgehead atoms. The van der Waals surface area contributed by atoms with Gasteiger partial charge in [-0.05, 0) is 68.7 Å². The molecule has 5 rings (SSSR count). The molecule has 0 amide bonds. The summed E-state index contributed by atoms with van der Waals surface area (Å²) in [7, 11) is 0. The van der Waals surface area contributed by atoms with Gasteiger partial charge < -0.3 is 0 Å². The number of rotatable bonds is 2. The number of pyridine rings is 2. The van der Waals surface area contributed by atoms with E-state index in [-0.39, 0.29) is 18.8 Å². The third kappa shape index (κ3) is 5.68. The molecule has 2 aromatic heterocycles. The maximum atomic E-state index is 13.5. The van der Waals surface area contributed by atoms with E-state index in [1.54, 1.807) is 6.20 Å². The summed E-state index contributed by atoms with van der Waals surface area (Å²) in [5.41, 5.74) is 5.90. The van der Waals surface area contributed by atoms with Crippen molar-refractivity contribution in [1.82, 2.24) is 9.97 Å². The van der Waals surface area contributed by atoms with Crippen LogP contribution in [0.15, 0.2) is 18.3 Å². The molecule has 0 saturated heterocycles. The molecule has 0 spiro atoms. The van der Waals surface area contributed by atoms with Crippen LogP contribution in [0, 0.1) is 18.3 Å².